The molecular weight excluding hydrogens is 388 g/mol. The lowest BCUT2D eigenvalue weighted by atomic mass is 10.1. The normalized spacial score (nSPS) is 13.2. The van der Waals surface area contributed by atoms with Gasteiger partial charge in [-0.1, -0.05) is 19.1 Å². The average Bonchev–Trinajstić information content (AvgIpc) is 3.55. The van der Waals surface area contributed by atoms with Crippen molar-refractivity contribution >= 4 is 11.6 Å². The lowest BCUT2D eigenvalue weighted by Gasteiger charge is -2.09. The van der Waals surface area contributed by atoms with Gasteiger partial charge in [0.1, 0.15) is 12.0 Å². The Morgan fingerprint density at radius 3 is 2.84 bits per heavy atom. The number of amides is 1. The molecule has 1 fully saturated rings. The van der Waals surface area contributed by atoms with Gasteiger partial charge in [0.15, 0.2) is 5.82 Å². The molecule has 1 amide bonds. The van der Waals surface area contributed by atoms with Crippen LogP contribution in [0.5, 0.6) is 0 Å². The number of hydrogen-bond acceptors (Lipinski definition) is 5. The Hall–Kier alpha value is -3.87. The fourth-order valence-electron chi connectivity index (χ4n) is 3.57. The number of aryl methyl sites for hydroxylation is 1. The Labute approximate surface area is 180 Å². The van der Waals surface area contributed by atoms with Crippen molar-refractivity contribution in [2.24, 2.45) is 0 Å². The first-order chi connectivity index (χ1) is 15.2. The van der Waals surface area contributed by atoms with Gasteiger partial charge in [0, 0.05) is 41.4 Å². The highest BCUT2D eigenvalue weighted by Crippen LogP contribution is 2.37. The largest absolute Gasteiger partial charge is 0.321 e. The summed E-state index contributed by atoms with van der Waals surface area (Å²) in [6, 6.07) is 13.9. The van der Waals surface area contributed by atoms with E-state index in [1.54, 1.807) is 24.8 Å². The highest BCUT2D eigenvalue weighted by molar-refractivity contribution is 6.03. The molecule has 0 aliphatic heterocycles. The quantitative estimate of drug-likeness (QED) is 0.504. The molecule has 1 aromatic carbocycles. The van der Waals surface area contributed by atoms with E-state index in [0.717, 1.165) is 47.3 Å². The molecule has 1 aliphatic carbocycles. The fourth-order valence-corrected chi connectivity index (χ4v) is 3.57. The summed E-state index contributed by atoms with van der Waals surface area (Å²) in [5.74, 6) is 0.560. The van der Waals surface area contributed by atoms with Gasteiger partial charge in [0.05, 0.1) is 0 Å². The second kappa shape index (κ2) is 8.10. The van der Waals surface area contributed by atoms with Gasteiger partial charge in [0.25, 0.3) is 5.91 Å². The smallest absolute Gasteiger partial charge is 0.274 e. The van der Waals surface area contributed by atoms with Crippen LogP contribution in [0.15, 0.2) is 67.4 Å². The molecule has 0 saturated heterocycles. The Bertz CT molecular complexity index is 1240. The molecule has 0 bridgehead atoms. The van der Waals surface area contributed by atoms with Crippen molar-refractivity contribution in [2.45, 2.75) is 32.2 Å². The number of anilines is 1. The Kier molecular flexibility index (Phi) is 5.00. The van der Waals surface area contributed by atoms with Crippen molar-refractivity contribution in [3.05, 3.63) is 78.6 Å². The Morgan fingerprint density at radius 2 is 2.00 bits per heavy atom. The van der Waals surface area contributed by atoms with E-state index < -0.39 is 0 Å². The third-order valence-electron chi connectivity index (χ3n) is 5.42. The van der Waals surface area contributed by atoms with Crippen LogP contribution in [0.25, 0.3) is 22.5 Å². The summed E-state index contributed by atoms with van der Waals surface area (Å²) in [7, 11) is 0. The number of carbonyl (C=O) groups excluding carboxylic acids is 1. The first-order valence-corrected chi connectivity index (χ1v) is 10.4. The molecule has 31 heavy (non-hydrogen) atoms. The summed E-state index contributed by atoms with van der Waals surface area (Å²) >= 11 is 0. The number of rotatable bonds is 6. The van der Waals surface area contributed by atoms with Gasteiger partial charge in [0.2, 0.25) is 0 Å². The molecule has 1 saturated carbocycles. The first kappa shape index (κ1) is 19.1. The Balaban J connectivity index is 1.37. The van der Waals surface area contributed by atoms with E-state index >= 15 is 0 Å². The molecule has 5 rings (SSSR count). The summed E-state index contributed by atoms with van der Waals surface area (Å²) in [5, 5.41) is 11.3. The van der Waals surface area contributed by atoms with Gasteiger partial charge in [-0.15, -0.1) is 10.2 Å². The van der Waals surface area contributed by atoms with Crippen LogP contribution in [0.3, 0.4) is 0 Å². The molecule has 154 valence electrons. The molecule has 1 N–H and O–H groups in total. The number of aromatic nitrogens is 5. The lowest BCUT2D eigenvalue weighted by Crippen LogP contribution is -2.13. The van der Waals surface area contributed by atoms with E-state index in [4.69, 9.17) is 0 Å². The van der Waals surface area contributed by atoms with Crippen LogP contribution in [0, 0.1) is 0 Å². The molecule has 7 nitrogen and oxygen atoms in total. The van der Waals surface area contributed by atoms with Crippen molar-refractivity contribution in [3.63, 3.8) is 0 Å². The minimum atomic E-state index is -0.262. The highest BCUT2D eigenvalue weighted by Gasteiger charge is 2.26. The molecule has 3 aromatic heterocycles. The standard InChI is InChI=1S/C24H22N6O/c1-2-16-10-19(14-25-13-16)17-8-9-26-22(12-17)24(31)28-20-5-3-4-18(11-20)23-29-27-15-30(23)21-6-7-21/h3-5,8-15,21H,2,6-7H2,1H3,(H,28,31). The molecule has 0 spiro atoms. The lowest BCUT2D eigenvalue weighted by molar-refractivity contribution is 0.102. The van der Waals surface area contributed by atoms with Crippen LogP contribution in [-0.2, 0) is 6.42 Å². The van der Waals surface area contributed by atoms with Crippen molar-refractivity contribution in [1.29, 1.82) is 0 Å². The molecule has 1 aliphatic rings. The summed E-state index contributed by atoms with van der Waals surface area (Å²) in [5.41, 5.74) is 5.00. The first-order valence-electron chi connectivity index (χ1n) is 10.4. The van der Waals surface area contributed by atoms with Crippen LogP contribution in [0.2, 0.25) is 0 Å². The minimum absolute atomic E-state index is 0.262. The van der Waals surface area contributed by atoms with E-state index in [0.29, 0.717) is 17.4 Å². The SMILES string of the molecule is CCc1cncc(-c2ccnc(C(=O)Nc3cccc(-c4nncn4C4CC4)c3)c2)c1. The number of carbonyl (C=O) groups is 1. The monoisotopic (exact) mass is 410 g/mol. The maximum Gasteiger partial charge on any atom is 0.274 e. The van der Waals surface area contributed by atoms with Crippen LogP contribution in [0.4, 0.5) is 5.69 Å². The number of hydrogen-bond donors (Lipinski definition) is 1. The third kappa shape index (κ3) is 4.07. The molecule has 7 heteroatoms. The van der Waals surface area contributed by atoms with Gasteiger partial charge in [-0.05, 0) is 60.7 Å². The summed E-state index contributed by atoms with van der Waals surface area (Å²) in [4.78, 5) is 21.4. The molecule has 0 atom stereocenters. The minimum Gasteiger partial charge on any atom is -0.321 e. The van der Waals surface area contributed by atoms with Crippen LogP contribution >= 0.6 is 0 Å². The zero-order chi connectivity index (χ0) is 21.2. The van der Waals surface area contributed by atoms with Gasteiger partial charge in [-0.2, -0.15) is 0 Å². The number of nitrogens with one attached hydrogen (secondary N) is 1. The number of nitrogens with zero attached hydrogens (tertiary/aromatic N) is 5. The molecular formula is C24H22N6O. The van der Waals surface area contributed by atoms with Gasteiger partial charge < -0.3 is 9.88 Å². The van der Waals surface area contributed by atoms with Gasteiger partial charge in [-0.3, -0.25) is 14.8 Å². The predicted octanol–water partition coefficient (Wildman–Crippen LogP) is 4.55. The van der Waals surface area contributed by atoms with E-state index in [1.165, 1.54) is 0 Å². The van der Waals surface area contributed by atoms with E-state index in [-0.39, 0.29) is 5.91 Å². The zero-order valence-corrected chi connectivity index (χ0v) is 17.2. The maximum atomic E-state index is 12.9. The molecule has 3 heterocycles. The van der Waals surface area contributed by atoms with Gasteiger partial charge >= 0.3 is 0 Å². The predicted molar refractivity (Wildman–Crippen MR) is 119 cm³/mol. The zero-order valence-electron chi connectivity index (χ0n) is 17.2. The average molecular weight is 410 g/mol. The molecule has 0 unspecified atom stereocenters. The van der Waals surface area contributed by atoms with Crippen molar-refractivity contribution < 1.29 is 4.79 Å². The van der Waals surface area contributed by atoms with Gasteiger partial charge in [-0.25, -0.2) is 0 Å². The van der Waals surface area contributed by atoms with Crippen LogP contribution in [-0.4, -0.2) is 30.6 Å². The third-order valence-corrected chi connectivity index (χ3v) is 5.42. The summed E-state index contributed by atoms with van der Waals surface area (Å²) in [6.07, 6.45) is 10.3. The molecule has 0 radical (unpaired) electrons. The Morgan fingerprint density at radius 1 is 1.10 bits per heavy atom. The number of benzene rings is 1. The summed E-state index contributed by atoms with van der Waals surface area (Å²) in [6.45, 7) is 2.09. The maximum absolute atomic E-state index is 12.9. The van der Waals surface area contributed by atoms with Crippen molar-refractivity contribution in [1.82, 2.24) is 24.7 Å². The van der Waals surface area contributed by atoms with E-state index in [1.807, 2.05) is 36.5 Å². The van der Waals surface area contributed by atoms with E-state index in [2.05, 4.69) is 43.0 Å². The second-order valence-electron chi connectivity index (χ2n) is 7.69. The highest BCUT2D eigenvalue weighted by atomic mass is 16.1. The topological polar surface area (TPSA) is 85.6 Å². The molecule has 4 aromatic rings. The summed E-state index contributed by atoms with van der Waals surface area (Å²) < 4.78 is 2.10. The van der Waals surface area contributed by atoms with Crippen LogP contribution < -0.4 is 5.32 Å². The van der Waals surface area contributed by atoms with Crippen molar-refractivity contribution in [3.8, 4) is 22.5 Å². The van der Waals surface area contributed by atoms with Crippen LogP contribution in [0.1, 0.15) is 41.9 Å². The van der Waals surface area contributed by atoms with E-state index in [9.17, 15) is 4.79 Å². The van der Waals surface area contributed by atoms with Crippen molar-refractivity contribution in [2.75, 3.05) is 5.32 Å². The fraction of sp³-hybridized carbons (Fsp3) is 0.208. The second-order valence-corrected chi connectivity index (χ2v) is 7.69. The number of pyridine rings is 2.